The van der Waals surface area contributed by atoms with E-state index in [1.807, 2.05) is 18.2 Å². The Kier molecular flexibility index (Phi) is 8.33. The molecule has 2 aromatic carbocycles. The van der Waals surface area contributed by atoms with Gasteiger partial charge in [-0.15, -0.1) is 0 Å². The molecule has 0 aliphatic heterocycles. The highest BCUT2D eigenvalue weighted by molar-refractivity contribution is 5.89. The molecule has 0 radical (unpaired) electrons. The maximum absolute atomic E-state index is 12.7. The number of Topliss-reactive ketones (excluding diaryl/α,β-unsaturated/α-hetero) is 1. The van der Waals surface area contributed by atoms with E-state index in [0.29, 0.717) is 24.3 Å². The van der Waals surface area contributed by atoms with Crippen molar-refractivity contribution in [3.63, 3.8) is 0 Å². The molecule has 0 saturated carbocycles. The van der Waals surface area contributed by atoms with Crippen molar-refractivity contribution in [2.45, 2.75) is 77.6 Å². The van der Waals surface area contributed by atoms with E-state index in [1.165, 1.54) is 5.56 Å². The average Bonchev–Trinajstić information content (AvgIpc) is 2.81. The Morgan fingerprint density at radius 3 is 2.59 bits per heavy atom. The maximum atomic E-state index is 12.7. The standard InChI is InChI=1S/C28H35NO3/c1-3-28(4-2)19-22-17-23(18-26(31)27(22)24(20-28)25(30)14-15-29)32-16-10-6-9-13-21-11-7-5-8-12-21/h5,7-8,11-12,17-18,24,31H,3-4,6,9-10,13-14,16,19-20H2,1-2H3. The molecule has 1 unspecified atom stereocenters. The zero-order valence-electron chi connectivity index (χ0n) is 19.4. The van der Waals surface area contributed by atoms with Gasteiger partial charge in [0.1, 0.15) is 11.5 Å². The molecule has 170 valence electrons. The van der Waals surface area contributed by atoms with Gasteiger partial charge in [0.05, 0.1) is 19.1 Å². The van der Waals surface area contributed by atoms with Crippen molar-refractivity contribution in [3.8, 4) is 17.6 Å². The normalized spacial score (nSPS) is 16.7. The summed E-state index contributed by atoms with van der Waals surface area (Å²) in [5.74, 6) is 0.282. The zero-order chi connectivity index (χ0) is 23.0. The molecule has 0 aromatic heterocycles. The number of fused-ring (bicyclic) bond motifs is 1. The lowest BCUT2D eigenvalue weighted by Gasteiger charge is -2.41. The average molecular weight is 434 g/mol. The van der Waals surface area contributed by atoms with Crippen molar-refractivity contribution in [1.29, 1.82) is 5.26 Å². The molecule has 1 aliphatic carbocycles. The summed E-state index contributed by atoms with van der Waals surface area (Å²) >= 11 is 0. The first-order valence-electron chi connectivity index (χ1n) is 11.9. The van der Waals surface area contributed by atoms with Crippen molar-refractivity contribution >= 4 is 5.78 Å². The number of aryl methyl sites for hydroxylation is 1. The molecule has 0 spiro atoms. The lowest BCUT2D eigenvalue weighted by molar-refractivity contribution is -0.120. The second-order valence-electron chi connectivity index (χ2n) is 9.10. The molecule has 0 saturated heterocycles. The lowest BCUT2D eigenvalue weighted by Crippen LogP contribution is -2.33. The van der Waals surface area contributed by atoms with Crippen LogP contribution in [-0.4, -0.2) is 17.5 Å². The Labute approximate surface area is 192 Å². The third-order valence-electron chi connectivity index (χ3n) is 7.13. The number of carbonyl (C=O) groups is 1. The van der Waals surface area contributed by atoms with Gasteiger partial charge in [0.15, 0.2) is 5.78 Å². The summed E-state index contributed by atoms with van der Waals surface area (Å²) in [7, 11) is 0. The lowest BCUT2D eigenvalue weighted by atomic mass is 9.63. The van der Waals surface area contributed by atoms with E-state index in [2.05, 4.69) is 38.1 Å². The van der Waals surface area contributed by atoms with Crippen LogP contribution >= 0.6 is 0 Å². The number of nitriles is 1. The van der Waals surface area contributed by atoms with Crippen LogP contribution in [0.2, 0.25) is 0 Å². The van der Waals surface area contributed by atoms with Crippen LogP contribution in [0.3, 0.4) is 0 Å². The molecule has 1 atom stereocenters. The Bertz CT molecular complexity index is 941. The molecular formula is C28H35NO3. The smallest absolute Gasteiger partial charge is 0.154 e. The summed E-state index contributed by atoms with van der Waals surface area (Å²) in [5.41, 5.74) is 3.09. The van der Waals surface area contributed by atoms with E-state index in [0.717, 1.165) is 50.5 Å². The number of hydrogen-bond donors (Lipinski definition) is 1. The van der Waals surface area contributed by atoms with Gasteiger partial charge < -0.3 is 9.84 Å². The number of hydrogen-bond acceptors (Lipinski definition) is 4. The molecule has 1 N–H and O–H groups in total. The minimum atomic E-state index is -0.412. The first kappa shape index (κ1) is 23.9. The minimum absolute atomic E-state index is 0.0191. The predicted molar refractivity (Wildman–Crippen MR) is 127 cm³/mol. The fourth-order valence-corrected chi connectivity index (χ4v) is 5.02. The van der Waals surface area contributed by atoms with E-state index >= 15 is 0 Å². The third kappa shape index (κ3) is 5.71. The van der Waals surface area contributed by atoms with Crippen LogP contribution in [0.1, 0.15) is 81.4 Å². The molecule has 0 fully saturated rings. The Hall–Kier alpha value is -2.80. The van der Waals surface area contributed by atoms with E-state index in [-0.39, 0.29) is 23.4 Å². The first-order chi connectivity index (χ1) is 15.5. The number of aromatic hydroxyl groups is 1. The molecule has 2 aromatic rings. The molecule has 0 heterocycles. The minimum Gasteiger partial charge on any atom is -0.507 e. The topological polar surface area (TPSA) is 70.3 Å². The van der Waals surface area contributed by atoms with Crippen LogP contribution < -0.4 is 4.74 Å². The van der Waals surface area contributed by atoms with Crippen molar-refractivity contribution in [1.82, 2.24) is 0 Å². The first-order valence-corrected chi connectivity index (χ1v) is 11.9. The van der Waals surface area contributed by atoms with Crippen LogP contribution in [0.25, 0.3) is 0 Å². The maximum Gasteiger partial charge on any atom is 0.154 e. The zero-order valence-corrected chi connectivity index (χ0v) is 19.4. The van der Waals surface area contributed by atoms with Crippen LogP contribution in [0.15, 0.2) is 42.5 Å². The van der Waals surface area contributed by atoms with Gasteiger partial charge in [-0.1, -0.05) is 57.0 Å². The summed E-state index contributed by atoms with van der Waals surface area (Å²) in [6, 6.07) is 16.1. The van der Waals surface area contributed by atoms with Gasteiger partial charge in [0.2, 0.25) is 0 Å². The number of ketones is 1. The van der Waals surface area contributed by atoms with Crippen molar-refractivity contribution in [2.75, 3.05) is 6.61 Å². The Balaban J connectivity index is 1.65. The summed E-state index contributed by atoms with van der Waals surface area (Å²) < 4.78 is 5.99. The highest BCUT2D eigenvalue weighted by Crippen LogP contribution is 2.50. The molecule has 4 nitrogen and oxygen atoms in total. The highest BCUT2D eigenvalue weighted by atomic mass is 16.5. The van der Waals surface area contributed by atoms with Crippen molar-refractivity contribution < 1.29 is 14.6 Å². The summed E-state index contributed by atoms with van der Waals surface area (Å²) in [6.07, 6.45) is 7.59. The molecule has 1 aliphatic rings. The van der Waals surface area contributed by atoms with Crippen molar-refractivity contribution in [2.24, 2.45) is 5.41 Å². The van der Waals surface area contributed by atoms with Gasteiger partial charge >= 0.3 is 0 Å². The molecule has 3 rings (SSSR count). The third-order valence-corrected chi connectivity index (χ3v) is 7.13. The van der Waals surface area contributed by atoms with E-state index in [9.17, 15) is 9.90 Å². The van der Waals surface area contributed by atoms with Crippen LogP contribution in [0.4, 0.5) is 0 Å². The predicted octanol–water partition coefficient (Wildman–Crippen LogP) is 6.50. The number of phenols is 1. The number of carbonyl (C=O) groups excluding carboxylic acids is 1. The molecule has 4 heteroatoms. The number of rotatable bonds is 11. The second-order valence-corrected chi connectivity index (χ2v) is 9.10. The largest absolute Gasteiger partial charge is 0.507 e. The van der Waals surface area contributed by atoms with Crippen LogP contribution in [-0.2, 0) is 17.6 Å². The van der Waals surface area contributed by atoms with E-state index in [1.54, 1.807) is 6.07 Å². The number of unbranched alkanes of at least 4 members (excludes halogenated alkanes) is 2. The quantitative estimate of drug-likeness (QED) is 0.410. The van der Waals surface area contributed by atoms with Gasteiger partial charge in [0, 0.05) is 17.5 Å². The fourth-order valence-electron chi connectivity index (χ4n) is 5.02. The summed E-state index contributed by atoms with van der Waals surface area (Å²) in [5, 5.41) is 19.8. The second kappa shape index (κ2) is 11.2. The molecule has 0 amide bonds. The summed E-state index contributed by atoms with van der Waals surface area (Å²) in [6.45, 7) is 4.93. The Morgan fingerprint density at radius 2 is 1.91 bits per heavy atom. The Morgan fingerprint density at radius 1 is 1.16 bits per heavy atom. The fraction of sp³-hybridized carbons (Fsp3) is 0.500. The van der Waals surface area contributed by atoms with Gasteiger partial charge in [-0.05, 0) is 61.1 Å². The molecule has 32 heavy (non-hydrogen) atoms. The number of phenolic OH excluding ortho intramolecular Hbond substituents is 1. The van der Waals surface area contributed by atoms with Gasteiger partial charge in [-0.3, -0.25) is 4.79 Å². The van der Waals surface area contributed by atoms with E-state index < -0.39 is 5.92 Å². The van der Waals surface area contributed by atoms with Gasteiger partial charge in [-0.2, -0.15) is 5.26 Å². The van der Waals surface area contributed by atoms with Gasteiger partial charge in [0.25, 0.3) is 0 Å². The van der Waals surface area contributed by atoms with E-state index in [4.69, 9.17) is 10.00 Å². The number of benzene rings is 2. The number of nitrogens with zero attached hydrogens (tertiary/aromatic N) is 1. The number of ether oxygens (including phenoxy) is 1. The summed E-state index contributed by atoms with van der Waals surface area (Å²) in [4.78, 5) is 12.7. The molecular weight excluding hydrogens is 398 g/mol. The van der Waals surface area contributed by atoms with Crippen LogP contribution in [0, 0.1) is 16.7 Å². The SMILES string of the molecule is CCC1(CC)Cc2cc(OCCCCCc3ccccc3)cc(O)c2C(C(=O)CC#N)C1. The van der Waals surface area contributed by atoms with Crippen molar-refractivity contribution in [3.05, 3.63) is 59.2 Å². The van der Waals surface area contributed by atoms with Crippen LogP contribution in [0.5, 0.6) is 11.5 Å². The molecule has 0 bridgehead atoms. The monoisotopic (exact) mass is 433 g/mol. The van der Waals surface area contributed by atoms with Gasteiger partial charge in [-0.25, -0.2) is 0 Å². The highest BCUT2D eigenvalue weighted by Gasteiger charge is 2.41.